The van der Waals surface area contributed by atoms with Crippen molar-refractivity contribution in [2.75, 3.05) is 25.0 Å². The van der Waals surface area contributed by atoms with E-state index in [4.69, 9.17) is 10.00 Å². The molecule has 11 heteroatoms. The summed E-state index contributed by atoms with van der Waals surface area (Å²) in [6.45, 7) is 0.943. The topological polar surface area (TPSA) is 149 Å². The van der Waals surface area contributed by atoms with E-state index in [0.29, 0.717) is 47.6 Å². The fraction of sp³-hybridized carbons (Fsp3) is 0.409. The average molecular weight is 449 g/mol. The molecule has 0 unspecified atom stereocenters. The van der Waals surface area contributed by atoms with Crippen molar-refractivity contribution in [1.82, 2.24) is 24.4 Å². The minimum Gasteiger partial charge on any atom is -0.394 e. The van der Waals surface area contributed by atoms with Gasteiger partial charge in [0.1, 0.15) is 12.4 Å². The number of rotatable bonds is 5. The number of amides is 1. The van der Waals surface area contributed by atoms with Crippen LogP contribution in [0.1, 0.15) is 35.0 Å². The number of aliphatic hydroxyl groups excluding tert-OH is 2. The molecule has 0 spiro atoms. The molecule has 2 saturated heterocycles. The van der Waals surface area contributed by atoms with Crippen LogP contribution in [0, 0.1) is 11.3 Å². The molecular formula is C22H23N7O4. The first-order chi connectivity index (χ1) is 16.1. The summed E-state index contributed by atoms with van der Waals surface area (Å²) in [4.78, 5) is 27.6. The van der Waals surface area contributed by atoms with Gasteiger partial charge in [-0.3, -0.25) is 9.36 Å². The van der Waals surface area contributed by atoms with E-state index < -0.39 is 18.4 Å². The van der Waals surface area contributed by atoms with Gasteiger partial charge in [-0.1, -0.05) is 0 Å². The van der Waals surface area contributed by atoms with Crippen molar-refractivity contribution >= 4 is 22.9 Å². The van der Waals surface area contributed by atoms with Crippen LogP contribution in [0.15, 0.2) is 36.9 Å². The lowest BCUT2D eigenvalue weighted by atomic mass is 10.1. The summed E-state index contributed by atoms with van der Waals surface area (Å²) in [5.41, 5.74) is 2.12. The van der Waals surface area contributed by atoms with Gasteiger partial charge in [-0.2, -0.15) is 5.26 Å². The van der Waals surface area contributed by atoms with Gasteiger partial charge in [0.15, 0.2) is 23.2 Å². The summed E-state index contributed by atoms with van der Waals surface area (Å²) in [6, 6.07) is 8.66. The van der Waals surface area contributed by atoms with Crippen LogP contribution in [0.25, 0.3) is 11.2 Å². The normalized spacial score (nSPS) is 24.8. The molecule has 2 aliphatic rings. The zero-order valence-corrected chi connectivity index (χ0v) is 17.7. The predicted octanol–water partition coefficient (Wildman–Crippen LogP) is 0.665. The minimum absolute atomic E-state index is 0.0114. The van der Waals surface area contributed by atoms with Gasteiger partial charge in [-0.05, 0) is 30.7 Å². The third kappa shape index (κ3) is 4.00. The van der Waals surface area contributed by atoms with Gasteiger partial charge < -0.3 is 25.2 Å². The van der Waals surface area contributed by atoms with E-state index in [1.165, 1.54) is 6.33 Å². The molecular weight excluding hydrogens is 426 g/mol. The summed E-state index contributed by atoms with van der Waals surface area (Å²) in [7, 11) is 0. The summed E-state index contributed by atoms with van der Waals surface area (Å²) in [6.07, 6.45) is 2.17. The van der Waals surface area contributed by atoms with E-state index >= 15 is 0 Å². The summed E-state index contributed by atoms with van der Waals surface area (Å²) < 4.78 is 7.38. The van der Waals surface area contributed by atoms with Crippen LogP contribution in [0.2, 0.25) is 0 Å². The molecule has 0 radical (unpaired) electrons. The number of fused-ring (bicyclic) bond motifs is 1. The first-order valence-electron chi connectivity index (χ1n) is 10.7. The van der Waals surface area contributed by atoms with Crippen LogP contribution in [-0.2, 0) is 4.74 Å². The van der Waals surface area contributed by atoms with Gasteiger partial charge >= 0.3 is 0 Å². The lowest BCUT2D eigenvalue weighted by Gasteiger charge is -2.18. The zero-order valence-electron chi connectivity index (χ0n) is 17.7. The number of benzene rings is 1. The second-order valence-corrected chi connectivity index (χ2v) is 8.25. The Morgan fingerprint density at radius 3 is 2.82 bits per heavy atom. The van der Waals surface area contributed by atoms with Gasteiger partial charge in [0, 0.05) is 31.1 Å². The Bertz CT molecular complexity index is 1210. The number of anilines is 1. The third-order valence-corrected chi connectivity index (χ3v) is 6.08. The number of imidazole rings is 1. The van der Waals surface area contributed by atoms with Crippen molar-refractivity contribution in [2.45, 2.75) is 37.3 Å². The number of aromatic nitrogens is 4. The molecule has 0 saturated carbocycles. The molecule has 1 aromatic carbocycles. The SMILES string of the molecule is N#Cc1ccc(C(=O)N2CC[C@@H](Nc3ncnc4c3ncn4[C@@H]3O[C@H](CO)C[C@H]3O)C2)cc1. The highest BCUT2D eigenvalue weighted by atomic mass is 16.5. The first kappa shape index (κ1) is 21.3. The van der Waals surface area contributed by atoms with Crippen LogP contribution < -0.4 is 5.32 Å². The molecule has 3 N–H and O–H groups in total. The molecule has 0 bridgehead atoms. The second kappa shape index (κ2) is 8.74. The van der Waals surface area contributed by atoms with Gasteiger partial charge in [0.25, 0.3) is 5.91 Å². The number of aliphatic hydroxyl groups is 2. The fourth-order valence-corrected chi connectivity index (χ4v) is 4.37. The minimum atomic E-state index is -0.775. The highest BCUT2D eigenvalue weighted by Gasteiger charge is 2.36. The number of carbonyl (C=O) groups is 1. The Labute approximate surface area is 189 Å². The van der Waals surface area contributed by atoms with E-state index in [0.717, 1.165) is 6.42 Å². The average Bonchev–Trinajstić information content (AvgIpc) is 3.57. The molecule has 170 valence electrons. The molecule has 2 aromatic heterocycles. The molecule has 1 amide bonds. The van der Waals surface area contributed by atoms with Gasteiger partial charge in [0.05, 0.1) is 30.7 Å². The van der Waals surface area contributed by atoms with E-state index in [2.05, 4.69) is 26.3 Å². The van der Waals surface area contributed by atoms with Crippen molar-refractivity contribution in [3.8, 4) is 6.07 Å². The van der Waals surface area contributed by atoms with Crippen molar-refractivity contribution in [3.63, 3.8) is 0 Å². The molecule has 4 atom stereocenters. The largest absolute Gasteiger partial charge is 0.394 e. The van der Waals surface area contributed by atoms with Crippen LogP contribution in [0.4, 0.5) is 5.82 Å². The summed E-state index contributed by atoms with van der Waals surface area (Å²) in [5.74, 6) is 0.467. The van der Waals surface area contributed by atoms with E-state index in [1.807, 2.05) is 0 Å². The van der Waals surface area contributed by atoms with Crippen LogP contribution in [0.3, 0.4) is 0 Å². The lowest BCUT2D eigenvalue weighted by molar-refractivity contribution is -0.0486. The molecule has 3 aromatic rings. The van der Waals surface area contributed by atoms with Gasteiger partial charge in [-0.25, -0.2) is 15.0 Å². The number of hydrogen-bond donors (Lipinski definition) is 3. The Morgan fingerprint density at radius 1 is 1.27 bits per heavy atom. The smallest absolute Gasteiger partial charge is 0.253 e. The number of nitrogens with one attached hydrogen (secondary N) is 1. The number of likely N-dealkylation sites (tertiary alicyclic amines) is 1. The highest BCUT2D eigenvalue weighted by Crippen LogP contribution is 2.32. The molecule has 33 heavy (non-hydrogen) atoms. The van der Waals surface area contributed by atoms with Crippen LogP contribution in [-0.4, -0.2) is 78.5 Å². The fourth-order valence-electron chi connectivity index (χ4n) is 4.37. The maximum atomic E-state index is 12.8. The number of ether oxygens (including phenoxy) is 1. The molecule has 11 nitrogen and oxygen atoms in total. The number of carbonyl (C=O) groups excluding carboxylic acids is 1. The second-order valence-electron chi connectivity index (χ2n) is 8.25. The van der Waals surface area contributed by atoms with E-state index in [-0.39, 0.29) is 18.6 Å². The Hall–Kier alpha value is -3.59. The summed E-state index contributed by atoms with van der Waals surface area (Å²) in [5, 5.41) is 32.0. The maximum absolute atomic E-state index is 12.8. The monoisotopic (exact) mass is 449 g/mol. The van der Waals surface area contributed by atoms with E-state index in [9.17, 15) is 15.0 Å². The first-order valence-corrected chi connectivity index (χ1v) is 10.7. The van der Waals surface area contributed by atoms with Gasteiger partial charge in [0.2, 0.25) is 0 Å². The van der Waals surface area contributed by atoms with Crippen molar-refractivity contribution in [1.29, 1.82) is 5.26 Å². The van der Waals surface area contributed by atoms with Crippen molar-refractivity contribution < 1.29 is 19.7 Å². The van der Waals surface area contributed by atoms with Crippen LogP contribution in [0.5, 0.6) is 0 Å². The molecule has 4 heterocycles. The Balaban J connectivity index is 1.29. The van der Waals surface area contributed by atoms with Crippen molar-refractivity contribution in [3.05, 3.63) is 48.0 Å². The molecule has 2 aliphatic heterocycles. The maximum Gasteiger partial charge on any atom is 0.253 e. The number of nitrogens with zero attached hydrogens (tertiary/aromatic N) is 6. The summed E-state index contributed by atoms with van der Waals surface area (Å²) >= 11 is 0. The molecule has 2 fully saturated rings. The lowest BCUT2D eigenvalue weighted by Crippen LogP contribution is -2.31. The van der Waals surface area contributed by atoms with E-state index in [1.54, 1.807) is 40.1 Å². The molecule has 5 rings (SSSR count). The quantitative estimate of drug-likeness (QED) is 0.511. The number of nitriles is 1. The number of hydrogen-bond acceptors (Lipinski definition) is 9. The Morgan fingerprint density at radius 2 is 2.09 bits per heavy atom. The van der Waals surface area contributed by atoms with Gasteiger partial charge in [-0.15, -0.1) is 0 Å². The molecule has 0 aliphatic carbocycles. The Kier molecular flexibility index (Phi) is 5.63. The third-order valence-electron chi connectivity index (χ3n) is 6.08. The van der Waals surface area contributed by atoms with Crippen molar-refractivity contribution in [2.24, 2.45) is 0 Å². The standard InChI is InChI=1S/C22H23N7O4/c23-8-13-1-3-14(4-2-13)21(32)28-6-5-15(9-28)27-19-18-20(25-11-24-19)29(12-26-18)22-17(31)7-16(10-30)33-22/h1-4,11-12,15-17,22,30-31H,5-7,9-10H2,(H,24,25,27)/t15-,16+,17-,22-/m1/s1. The van der Waals surface area contributed by atoms with Crippen LogP contribution >= 0.6 is 0 Å². The predicted molar refractivity (Wildman–Crippen MR) is 116 cm³/mol. The highest BCUT2D eigenvalue weighted by molar-refractivity contribution is 5.94. The zero-order chi connectivity index (χ0) is 22.9.